The summed E-state index contributed by atoms with van der Waals surface area (Å²) in [7, 11) is 1.96. The lowest BCUT2D eigenvalue weighted by Gasteiger charge is -2.16. The number of hydrogen-bond acceptors (Lipinski definition) is 5. The number of pyridine rings is 1. The van der Waals surface area contributed by atoms with Crippen molar-refractivity contribution >= 4 is 5.82 Å². The van der Waals surface area contributed by atoms with Crippen molar-refractivity contribution in [1.82, 2.24) is 15.0 Å². The Morgan fingerprint density at radius 2 is 2.06 bits per heavy atom. The first-order valence-corrected chi connectivity index (χ1v) is 5.47. The lowest BCUT2D eigenvalue weighted by Crippen LogP contribution is -2.25. The molecule has 0 saturated carbocycles. The maximum atomic E-state index is 5.52. The summed E-state index contributed by atoms with van der Waals surface area (Å²) in [6.07, 6.45) is 3.47. The summed E-state index contributed by atoms with van der Waals surface area (Å²) in [4.78, 5) is 14.9. The second-order valence-corrected chi connectivity index (χ2v) is 3.66. The Bertz CT molecular complexity index is 471. The Balaban J connectivity index is 2.29. The molecule has 2 rings (SSSR count). The Kier molecular flexibility index (Phi) is 3.62. The van der Waals surface area contributed by atoms with E-state index in [1.54, 1.807) is 12.4 Å². The van der Waals surface area contributed by atoms with E-state index >= 15 is 0 Å². The van der Waals surface area contributed by atoms with Gasteiger partial charge in [0.15, 0.2) is 5.82 Å². The zero-order valence-electron chi connectivity index (χ0n) is 9.74. The molecule has 5 heteroatoms. The van der Waals surface area contributed by atoms with Crippen LogP contribution in [0, 0.1) is 0 Å². The summed E-state index contributed by atoms with van der Waals surface area (Å²) in [5, 5.41) is 0. The van der Waals surface area contributed by atoms with E-state index in [1.807, 2.05) is 36.2 Å². The van der Waals surface area contributed by atoms with Crippen LogP contribution in [-0.2, 0) is 0 Å². The van der Waals surface area contributed by atoms with Gasteiger partial charge in [0.25, 0.3) is 0 Å². The van der Waals surface area contributed by atoms with Crippen LogP contribution in [0.5, 0.6) is 0 Å². The summed E-state index contributed by atoms with van der Waals surface area (Å²) in [5.74, 6) is 1.48. The number of nitrogens with two attached hydrogens (primary N) is 1. The molecule has 0 aliphatic heterocycles. The number of likely N-dealkylation sites (N-methyl/N-ethyl adjacent to an activating group) is 1. The van der Waals surface area contributed by atoms with Crippen molar-refractivity contribution in [3.8, 4) is 11.5 Å². The summed E-state index contributed by atoms with van der Waals surface area (Å²) in [5.41, 5.74) is 6.29. The molecule has 17 heavy (non-hydrogen) atoms. The van der Waals surface area contributed by atoms with Gasteiger partial charge in [0.1, 0.15) is 11.5 Å². The third-order valence-electron chi connectivity index (χ3n) is 2.39. The first kappa shape index (κ1) is 11.5. The molecule has 2 aromatic heterocycles. The second-order valence-electron chi connectivity index (χ2n) is 3.66. The standard InChI is InChI=1S/C12H15N5/c1-17(9-6-13)11-5-8-15-12(16-11)10-4-2-3-7-14-10/h2-5,7-8H,6,9,13H2,1H3. The minimum absolute atomic E-state index is 0.597. The lowest BCUT2D eigenvalue weighted by molar-refractivity contribution is 0.865. The fourth-order valence-corrected chi connectivity index (χ4v) is 1.49. The molecule has 0 aliphatic rings. The first-order valence-electron chi connectivity index (χ1n) is 5.47. The van der Waals surface area contributed by atoms with Crippen molar-refractivity contribution in [1.29, 1.82) is 0 Å². The molecule has 0 saturated heterocycles. The van der Waals surface area contributed by atoms with Gasteiger partial charge >= 0.3 is 0 Å². The molecule has 0 radical (unpaired) electrons. The van der Waals surface area contributed by atoms with Gasteiger partial charge in [-0.2, -0.15) is 0 Å². The molecule has 0 atom stereocenters. The molecule has 2 aromatic rings. The largest absolute Gasteiger partial charge is 0.358 e. The van der Waals surface area contributed by atoms with E-state index in [0.717, 1.165) is 18.1 Å². The third-order valence-corrected chi connectivity index (χ3v) is 2.39. The molecule has 0 spiro atoms. The maximum absolute atomic E-state index is 5.52. The van der Waals surface area contributed by atoms with Crippen LogP contribution in [0.4, 0.5) is 5.82 Å². The van der Waals surface area contributed by atoms with Crippen LogP contribution in [0.2, 0.25) is 0 Å². The average Bonchev–Trinajstić information content (AvgIpc) is 2.40. The molecular weight excluding hydrogens is 214 g/mol. The zero-order chi connectivity index (χ0) is 12.1. The van der Waals surface area contributed by atoms with Gasteiger partial charge in [-0.3, -0.25) is 4.98 Å². The summed E-state index contributed by atoms with van der Waals surface area (Å²) >= 11 is 0. The van der Waals surface area contributed by atoms with Gasteiger partial charge in [0, 0.05) is 32.5 Å². The van der Waals surface area contributed by atoms with Crippen LogP contribution in [0.3, 0.4) is 0 Å². The van der Waals surface area contributed by atoms with E-state index in [4.69, 9.17) is 5.73 Å². The third kappa shape index (κ3) is 2.76. The van der Waals surface area contributed by atoms with Crippen LogP contribution in [-0.4, -0.2) is 35.1 Å². The minimum atomic E-state index is 0.597. The van der Waals surface area contributed by atoms with Gasteiger partial charge in [-0.25, -0.2) is 9.97 Å². The van der Waals surface area contributed by atoms with Gasteiger partial charge in [0.2, 0.25) is 0 Å². The molecule has 0 aliphatic carbocycles. The van der Waals surface area contributed by atoms with Gasteiger partial charge in [-0.15, -0.1) is 0 Å². The van der Waals surface area contributed by atoms with Crippen molar-refractivity contribution in [3.63, 3.8) is 0 Å². The van der Waals surface area contributed by atoms with Crippen LogP contribution >= 0.6 is 0 Å². The van der Waals surface area contributed by atoms with E-state index in [9.17, 15) is 0 Å². The highest BCUT2D eigenvalue weighted by Crippen LogP contribution is 2.14. The van der Waals surface area contributed by atoms with Gasteiger partial charge in [0.05, 0.1) is 0 Å². The molecule has 0 amide bonds. The number of anilines is 1. The summed E-state index contributed by atoms with van der Waals surface area (Å²) in [6, 6.07) is 7.54. The van der Waals surface area contributed by atoms with Crippen LogP contribution in [0.15, 0.2) is 36.7 Å². The highest BCUT2D eigenvalue weighted by atomic mass is 15.2. The molecule has 2 heterocycles. The fourth-order valence-electron chi connectivity index (χ4n) is 1.49. The molecule has 88 valence electrons. The molecule has 5 nitrogen and oxygen atoms in total. The van der Waals surface area contributed by atoms with Crippen molar-refractivity contribution in [3.05, 3.63) is 36.7 Å². The van der Waals surface area contributed by atoms with E-state index < -0.39 is 0 Å². The monoisotopic (exact) mass is 229 g/mol. The smallest absolute Gasteiger partial charge is 0.180 e. The van der Waals surface area contributed by atoms with Gasteiger partial charge < -0.3 is 10.6 Å². The van der Waals surface area contributed by atoms with Crippen molar-refractivity contribution < 1.29 is 0 Å². The van der Waals surface area contributed by atoms with E-state index in [0.29, 0.717) is 12.4 Å². The number of hydrogen-bond donors (Lipinski definition) is 1. The van der Waals surface area contributed by atoms with E-state index in [1.165, 1.54) is 0 Å². The normalized spacial score (nSPS) is 10.2. The highest BCUT2D eigenvalue weighted by molar-refractivity contribution is 5.52. The molecule has 0 unspecified atom stereocenters. The predicted octanol–water partition coefficient (Wildman–Crippen LogP) is 0.933. The molecular formula is C12H15N5. The first-order chi connectivity index (χ1) is 8.31. The zero-order valence-corrected chi connectivity index (χ0v) is 9.74. The molecule has 0 fully saturated rings. The maximum Gasteiger partial charge on any atom is 0.180 e. The van der Waals surface area contributed by atoms with Crippen LogP contribution in [0.1, 0.15) is 0 Å². The number of nitrogens with zero attached hydrogens (tertiary/aromatic N) is 4. The fraction of sp³-hybridized carbons (Fsp3) is 0.250. The van der Waals surface area contributed by atoms with E-state index in [-0.39, 0.29) is 0 Å². The van der Waals surface area contributed by atoms with Gasteiger partial charge in [-0.1, -0.05) is 6.07 Å². The predicted molar refractivity (Wildman–Crippen MR) is 67.6 cm³/mol. The van der Waals surface area contributed by atoms with Gasteiger partial charge in [-0.05, 0) is 18.2 Å². The SMILES string of the molecule is CN(CCN)c1ccnc(-c2ccccn2)n1. The minimum Gasteiger partial charge on any atom is -0.358 e. The highest BCUT2D eigenvalue weighted by Gasteiger charge is 2.05. The van der Waals surface area contributed by atoms with Crippen molar-refractivity contribution in [2.75, 3.05) is 25.0 Å². The second kappa shape index (κ2) is 5.36. The van der Waals surface area contributed by atoms with E-state index in [2.05, 4.69) is 15.0 Å². The summed E-state index contributed by atoms with van der Waals surface area (Å²) < 4.78 is 0. The average molecular weight is 229 g/mol. The summed E-state index contributed by atoms with van der Waals surface area (Å²) in [6.45, 7) is 1.36. The Hall–Kier alpha value is -2.01. The topological polar surface area (TPSA) is 67.9 Å². The lowest BCUT2D eigenvalue weighted by atomic mass is 10.3. The molecule has 0 bridgehead atoms. The quantitative estimate of drug-likeness (QED) is 0.844. The number of rotatable bonds is 4. The van der Waals surface area contributed by atoms with Crippen molar-refractivity contribution in [2.45, 2.75) is 0 Å². The van der Waals surface area contributed by atoms with Crippen LogP contribution in [0.25, 0.3) is 11.5 Å². The molecule has 2 N–H and O–H groups in total. The Morgan fingerprint density at radius 3 is 2.76 bits per heavy atom. The Labute approximate surface area is 100 Å². The number of aromatic nitrogens is 3. The Morgan fingerprint density at radius 1 is 1.18 bits per heavy atom. The molecule has 0 aromatic carbocycles. The van der Waals surface area contributed by atoms with Crippen LogP contribution < -0.4 is 10.6 Å². The van der Waals surface area contributed by atoms with Crippen molar-refractivity contribution in [2.24, 2.45) is 5.73 Å².